The fraction of sp³-hybridized carbons (Fsp3) is 0.238. The smallest absolute Gasteiger partial charge is 0.270 e. The zero-order valence-electron chi connectivity index (χ0n) is 16.4. The molecule has 0 saturated carbocycles. The largest absolute Gasteiger partial charge is 0.335 e. The van der Waals surface area contributed by atoms with Crippen LogP contribution in [0.1, 0.15) is 9.67 Å². The number of para-hydroxylation sites is 1. The predicted octanol–water partition coefficient (Wildman–Crippen LogP) is 3.86. The van der Waals surface area contributed by atoms with E-state index >= 15 is 0 Å². The van der Waals surface area contributed by atoms with Crippen molar-refractivity contribution in [2.45, 2.75) is 0 Å². The number of amides is 2. The molecule has 1 aromatic heterocycles. The van der Waals surface area contributed by atoms with Gasteiger partial charge in [0.05, 0.1) is 16.5 Å². The molecule has 1 aliphatic heterocycles. The number of hydrogen-bond acceptors (Lipinski definition) is 6. The van der Waals surface area contributed by atoms with E-state index < -0.39 is 4.92 Å². The monoisotopic (exact) mass is 458 g/mol. The molecule has 0 spiro atoms. The first-order chi connectivity index (χ1) is 14.9. The van der Waals surface area contributed by atoms with Gasteiger partial charge in [-0.05, 0) is 18.2 Å². The van der Waals surface area contributed by atoms with E-state index in [0.717, 1.165) is 17.0 Å². The average Bonchev–Trinajstić information content (AvgIpc) is 3.10. The van der Waals surface area contributed by atoms with Gasteiger partial charge in [-0.2, -0.15) is 0 Å². The number of thiophene rings is 1. The quantitative estimate of drug-likeness (QED) is 0.462. The summed E-state index contributed by atoms with van der Waals surface area (Å²) in [6.45, 7) is 2.35. The van der Waals surface area contributed by atoms with Crippen molar-refractivity contribution in [1.82, 2.24) is 9.80 Å². The summed E-state index contributed by atoms with van der Waals surface area (Å²) in [5, 5.41) is 14.8. The summed E-state index contributed by atoms with van der Waals surface area (Å²) in [4.78, 5) is 39.8. The third-order valence-electron chi connectivity index (χ3n) is 5.10. The summed E-state index contributed by atoms with van der Waals surface area (Å²) < 4.78 is 0.610. The van der Waals surface area contributed by atoms with Crippen LogP contribution in [-0.4, -0.2) is 59.3 Å². The zero-order valence-corrected chi connectivity index (χ0v) is 18.0. The normalized spacial score (nSPS) is 14.5. The van der Waals surface area contributed by atoms with Crippen LogP contribution in [0.25, 0.3) is 10.1 Å². The molecule has 8 nitrogen and oxygen atoms in total. The third kappa shape index (κ3) is 4.68. The molecule has 2 aromatic carbocycles. The van der Waals surface area contributed by atoms with Crippen molar-refractivity contribution >= 4 is 56.2 Å². The highest BCUT2D eigenvalue weighted by atomic mass is 35.5. The van der Waals surface area contributed by atoms with Crippen molar-refractivity contribution in [1.29, 1.82) is 0 Å². The molecule has 0 bridgehead atoms. The van der Waals surface area contributed by atoms with E-state index in [0.29, 0.717) is 46.2 Å². The van der Waals surface area contributed by atoms with Crippen LogP contribution in [0, 0.1) is 10.1 Å². The molecule has 1 N–H and O–H groups in total. The second-order valence-corrected chi connectivity index (χ2v) is 8.60. The molecular weight excluding hydrogens is 440 g/mol. The van der Waals surface area contributed by atoms with Crippen LogP contribution in [0.3, 0.4) is 0 Å². The van der Waals surface area contributed by atoms with E-state index in [9.17, 15) is 19.7 Å². The molecule has 0 atom stereocenters. The van der Waals surface area contributed by atoms with Gasteiger partial charge in [-0.15, -0.1) is 11.3 Å². The molecule has 160 valence electrons. The van der Waals surface area contributed by atoms with Gasteiger partial charge >= 0.3 is 0 Å². The van der Waals surface area contributed by atoms with E-state index in [4.69, 9.17) is 11.6 Å². The Morgan fingerprint density at radius 3 is 2.48 bits per heavy atom. The Hall–Kier alpha value is -3.01. The fourth-order valence-electron chi connectivity index (χ4n) is 3.48. The number of halogens is 1. The Morgan fingerprint density at radius 1 is 1.10 bits per heavy atom. The summed E-state index contributed by atoms with van der Waals surface area (Å²) in [5.41, 5.74) is 0.716. The number of benzene rings is 2. The minimum Gasteiger partial charge on any atom is -0.335 e. The van der Waals surface area contributed by atoms with Crippen LogP contribution in [-0.2, 0) is 4.79 Å². The Kier molecular flexibility index (Phi) is 6.17. The first kappa shape index (κ1) is 21.2. The number of carbonyl (C=O) groups is 2. The van der Waals surface area contributed by atoms with Gasteiger partial charge in [0.1, 0.15) is 4.88 Å². The highest BCUT2D eigenvalue weighted by Gasteiger charge is 2.27. The van der Waals surface area contributed by atoms with Crippen molar-refractivity contribution < 1.29 is 14.5 Å². The van der Waals surface area contributed by atoms with Crippen molar-refractivity contribution in [3.05, 3.63) is 68.5 Å². The second-order valence-electron chi connectivity index (χ2n) is 7.17. The van der Waals surface area contributed by atoms with E-state index in [1.807, 2.05) is 35.2 Å². The molecule has 0 radical (unpaired) electrons. The van der Waals surface area contributed by atoms with E-state index in [2.05, 4.69) is 5.32 Å². The van der Waals surface area contributed by atoms with Gasteiger partial charge in [0, 0.05) is 54.1 Å². The molecule has 1 aliphatic rings. The molecule has 3 aromatic rings. The maximum absolute atomic E-state index is 13.0. The van der Waals surface area contributed by atoms with Gasteiger partial charge in [0.2, 0.25) is 5.91 Å². The maximum atomic E-state index is 13.0. The molecular formula is C21H19ClN4O4S. The van der Waals surface area contributed by atoms with Crippen LogP contribution in [0.15, 0.2) is 48.5 Å². The van der Waals surface area contributed by atoms with Crippen LogP contribution >= 0.6 is 22.9 Å². The molecule has 0 aliphatic carbocycles. The predicted molar refractivity (Wildman–Crippen MR) is 121 cm³/mol. The van der Waals surface area contributed by atoms with Crippen molar-refractivity contribution in [2.75, 3.05) is 38.0 Å². The molecule has 31 heavy (non-hydrogen) atoms. The highest BCUT2D eigenvalue weighted by molar-refractivity contribution is 7.21. The number of fused-ring (bicyclic) bond motifs is 1. The number of rotatable bonds is 5. The Morgan fingerprint density at radius 2 is 1.81 bits per heavy atom. The first-order valence-electron chi connectivity index (χ1n) is 9.65. The zero-order chi connectivity index (χ0) is 22.0. The van der Waals surface area contributed by atoms with Crippen LogP contribution in [0.2, 0.25) is 5.02 Å². The average molecular weight is 459 g/mol. The van der Waals surface area contributed by atoms with E-state index in [1.54, 1.807) is 11.0 Å². The molecule has 4 rings (SSSR count). The molecule has 0 unspecified atom stereocenters. The highest BCUT2D eigenvalue weighted by Crippen LogP contribution is 2.38. The number of anilines is 1. The van der Waals surface area contributed by atoms with Crippen LogP contribution in [0.4, 0.5) is 11.4 Å². The summed E-state index contributed by atoms with van der Waals surface area (Å²) >= 11 is 7.57. The van der Waals surface area contributed by atoms with Gasteiger partial charge < -0.3 is 10.2 Å². The fourth-order valence-corrected chi connectivity index (χ4v) is 5.00. The number of hydrogen-bond donors (Lipinski definition) is 1. The molecule has 1 saturated heterocycles. The SMILES string of the molecule is O=C(CN1CCN(C(=O)c2sc3cc([N+](=O)[O-])ccc3c2Cl)CC1)Nc1ccccc1. The number of nitrogens with one attached hydrogen (secondary N) is 1. The van der Waals surface area contributed by atoms with Crippen molar-refractivity contribution in [3.8, 4) is 0 Å². The summed E-state index contributed by atoms with van der Waals surface area (Å²) in [7, 11) is 0. The molecule has 1 fully saturated rings. The topological polar surface area (TPSA) is 95.8 Å². The van der Waals surface area contributed by atoms with Crippen molar-refractivity contribution in [3.63, 3.8) is 0 Å². The second kappa shape index (κ2) is 9.01. The number of nitro groups is 1. The number of non-ortho nitro benzene ring substituents is 1. The van der Waals surface area contributed by atoms with E-state index in [-0.39, 0.29) is 24.0 Å². The standard InChI is InChI=1S/C21H19ClN4O4S/c22-19-16-7-6-15(26(29)30)12-17(16)31-20(19)21(28)25-10-8-24(9-11-25)13-18(27)23-14-4-2-1-3-5-14/h1-7,12H,8-11,13H2,(H,23,27). The lowest BCUT2D eigenvalue weighted by Crippen LogP contribution is -2.50. The number of piperazine rings is 1. The maximum Gasteiger partial charge on any atom is 0.270 e. The van der Waals surface area contributed by atoms with Gasteiger partial charge in [0.15, 0.2) is 0 Å². The summed E-state index contributed by atoms with van der Waals surface area (Å²) in [5.74, 6) is -0.289. The van der Waals surface area contributed by atoms with Gasteiger partial charge in [-0.3, -0.25) is 24.6 Å². The minimum atomic E-state index is -0.471. The Labute approximate surface area is 187 Å². The number of nitro benzene ring substituents is 1. The minimum absolute atomic E-state index is 0.0354. The molecule has 10 heteroatoms. The van der Waals surface area contributed by atoms with Gasteiger partial charge in [-0.25, -0.2) is 0 Å². The van der Waals surface area contributed by atoms with E-state index in [1.165, 1.54) is 12.1 Å². The Balaban J connectivity index is 1.37. The molecule has 2 amide bonds. The lowest BCUT2D eigenvalue weighted by molar-refractivity contribution is -0.384. The van der Waals surface area contributed by atoms with Crippen molar-refractivity contribution in [2.24, 2.45) is 0 Å². The van der Waals surface area contributed by atoms with Gasteiger partial charge in [-0.1, -0.05) is 29.8 Å². The van der Waals surface area contributed by atoms with Crippen LogP contribution < -0.4 is 5.32 Å². The molecule has 2 heterocycles. The van der Waals surface area contributed by atoms with Crippen LogP contribution in [0.5, 0.6) is 0 Å². The van der Waals surface area contributed by atoms with Gasteiger partial charge in [0.25, 0.3) is 11.6 Å². The lowest BCUT2D eigenvalue weighted by atomic mass is 10.2. The number of nitrogens with zero attached hydrogens (tertiary/aromatic N) is 3. The summed E-state index contributed by atoms with van der Waals surface area (Å²) in [6.07, 6.45) is 0. The Bertz CT molecular complexity index is 1140. The third-order valence-corrected chi connectivity index (χ3v) is 6.75. The lowest BCUT2D eigenvalue weighted by Gasteiger charge is -2.34. The summed E-state index contributed by atoms with van der Waals surface area (Å²) in [6, 6.07) is 13.7. The number of carbonyl (C=O) groups excluding carboxylic acids is 2. The first-order valence-corrected chi connectivity index (χ1v) is 10.8.